The number of amides is 2. The van der Waals surface area contributed by atoms with Crippen LogP contribution in [0.1, 0.15) is 0 Å². The highest BCUT2D eigenvalue weighted by atomic mass is 35.5. The number of hydrogen-bond donors (Lipinski definition) is 2. The second-order valence-corrected chi connectivity index (χ2v) is 5.20. The van der Waals surface area contributed by atoms with Gasteiger partial charge in [-0.2, -0.15) is 4.80 Å². The Labute approximate surface area is 147 Å². The van der Waals surface area contributed by atoms with E-state index in [0.717, 1.165) is 4.80 Å². The van der Waals surface area contributed by atoms with Crippen LogP contribution in [0.3, 0.4) is 0 Å². The van der Waals surface area contributed by atoms with Crippen LogP contribution in [0.15, 0.2) is 24.3 Å². The largest absolute Gasteiger partial charge is 0.454 e. The fourth-order valence-electron chi connectivity index (χ4n) is 1.65. The monoisotopic (exact) mass is 366 g/mol. The van der Waals surface area contributed by atoms with Gasteiger partial charge >= 0.3 is 5.97 Å². The third kappa shape index (κ3) is 5.84. The van der Waals surface area contributed by atoms with Crippen LogP contribution in [0.4, 0.5) is 0 Å². The molecular weight excluding hydrogens is 352 g/mol. The minimum atomic E-state index is -0.713. The van der Waals surface area contributed by atoms with Gasteiger partial charge in [0.15, 0.2) is 13.2 Å². The third-order valence-electron chi connectivity index (χ3n) is 2.91. The van der Waals surface area contributed by atoms with E-state index in [2.05, 4.69) is 26.0 Å². The molecular formula is C14H15ClN6O4. The van der Waals surface area contributed by atoms with E-state index in [1.54, 1.807) is 24.3 Å². The molecule has 2 aromatic rings. The molecule has 0 aliphatic carbocycles. The van der Waals surface area contributed by atoms with Crippen LogP contribution >= 0.6 is 11.6 Å². The number of nitrogens with zero attached hydrogens (tertiary/aromatic N) is 4. The van der Waals surface area contributed by atoms with Crippen molar-refractivity contribution < 1.29 is 19.1 Å². The summed E-state index contributed by atoms with van der Waals surface area (Å²) >= 11 is 5.80. The number of tetrazole rings is 1. The fraction of sp³-hybridized carbons (Fsp3) is 0.286. The molecule has 0 fully saturated rings. The van der Waals surface area contributed by atoms with Crippen LogP contribution in [0.2, 0.25) is 5.02 Å². The van der Waals surface area contributed by atoms with Gasteiger partial charge in [0.2, 0.25) is 11.7 Å². The van der Waals surface area contributed by atoms with Gasteiger partial charge in [0.25, 0.3) is 5.91 Å². The summed E-state index contributed by atoms with van der Waals surface area (Å²) in [4.78, 5) is 35.1. The van der Waals surface area contributed by atoms with Gasteiger partial charge in [-0.15, -0.1) is 10.2 Å². The number of carbonyl (C=O) groups is 3. The van der Waals surface area contributed by atoms with Crippen LogP contribution < -0.4 is 10.6 Å². The van der Waals surface area contributed by atoms with Crippen molar-refractivity contribution in [3.05, 3.63) is 29.3 Å². The highest BCUT2D eigenvalue weighted by molar-refractivity contribution is 6.30. The van der Waals surface area contributed by atoms with Gasteiger partial charge in [-0.1, -0.05) is 11.6 Å². The Balaban J connectivity index is 1.80. The normalized spacial score (nSPS) is 10.2. The number of hydrogen-bond acceptors (Lipinski definition) is 7. The van der Waals surface area contributed by atoms with Gasteiger partial charge in [-0.05, 0) is 29.5 Å². The van der Waals surface area contributed by atoms with Crippen molar-refractivity contribution in [2.75, 3.05) is 20.2 Å². The highest BCUT2D eigenvalue weighted by Crippen LogP contribution is 2.16. The Hall–Kier alpha value is -3.01. The van der Waals surface area contributed by atoms with Crippen LogP contribution in [0.25, 0.3) is 11.4 Å². The number of esters is 1. The lowest BCUT2D eigenvalue weighted by Gasteiger charge is -2.05. The zero-order valence-corrected chi connectivity index (χ0v) is 14.0. The van der Waals surface area contributed by atoms with E-state index < -0.39 is 18.5 Å². The molecule has 1 aromatic carbocycles. The summed E-state index contributed by atoms with van der Waals surface area (Å²) in [6, 6.07) is 6.81. The molecule has 2 amide bonds. The zero-order chi connectivity index (χ0) is 18.2. The number of aromatic nitrogens is 4. The molecule has 0 unspecified atom stereocenters. The lowest BCUT2D eigenvalue weighted by molar-refractivity contribution is -0.149. The van der Waals surface area contributed by atoms with E-state index >= 15 is 0 Å². The third-order valence-corrected chi connectivity index (χ3v) is 3.17. The molecule has 11 heteroatoms. The van der Waals surface area contributed by atoms with Crippen LogP contribution in [0.5, 0.6) is 0 Å². The smallest absolute Gasteiger partial charge is 0.330 e. The number of likely N-dealkylation sites (N-methyl/N-ethyl adjacent to an activating group) is 1. The Morgan fingerprint density at radius 3 is 2.60 bits per heavy atom. The highest BCUT2D eigenvalue weighted by Gasteiger charge is 2.12. The first kappa shape index (κ1) is 18.3. The number of halogens is 1. The summed E-state index contributed by atoms with van der Waals surface area (Å²) in [6.45, 7) is -1.00. The molecule has 0 aliphatic heterocycles. The van der Waals surface area contributed by atoms with E-state index in [-0.39, 0.29) is 19.0 Å². The standard InChI is InChI=1S/C14H15ClN6O4/c1-16-11(22)6-17-12(23)8-25-13(24)7-21-19-14(18-20-21)9-2-4-10(15)5-3-9/h2-5H,6-8H2,1H3,(H,16,22)(H,17,23). The van der Waals surface area contributed by atoms with Gasteiger partial charge in [0.05, 0.1) is 6.54 Å². The Morgan fingerprint density at radius 2 is 1.92 bits per heavy atom. The topological polar surface area (TPSA) is 128 Å². The van der Waals surface area contributed by atoms with Crippen molar-refractivity contribution in [2.45, 2.75) is 6.54 Å². The fourth-order valence-corrected chi connectivity index (χ4v) is 1.78. The summed E-state index contributed by atoms with van der Waals surface area (Å²) < 4.78 is 4.78. The molecule has 0 aliphatic rings. The summed E-state index contributed by atoms with van der Waals surface area (Å²) in [5, 5.41) is 16.8. The van der Waals surface area contributed by atoms with E-state index in [9.17, 15) is 14.4 Å². The molecule has 0 spiro atoms. The van der Waals surface area contributed by atoms with E-state index in [1.165, 1.54) is 7.05 Å². The number of rotatable bonds is 7. The van der Waals surface area contributed by atoms with Crippen molar-refractivity contribution >= 4 is 29.4 Å². The van der Waals surface area contributed by atoms with Crippen molar-refractivity contribution in [1.82, 2.24) is 30.8 Å². The van der Waals surface area contributed by atoms with Crippen molar-refractivity contribution in [1.29, 1.82) is 0 Å². The molecule has 25 heavy (non-hydrogen) atoms. The molecule has 0 bridgehead atoms. The predicted octanol–water partition coefficient (Wildman–Crippen LogP) is -0.601. The molecule has 0 radical (unpaired) electrons. The van der Waals surface area contributed by atoms with Gasteiger partial charge in [0.1, 0.15) is 0 Å². The minimum absolute atomic E-state index is 0.192. The van der Waals surface area contributed by atoms with Gasteiger partial charge < -0.3 is 15.4 Å². The number of ether oxygens (including phenoxy) is 1. The zero-order valence-electron chi connectivity index (χ0n) is 13.2. The molecule has 1 aromatic heterocycles. The molecule has 2 N–H and O–H groups in total. The minimum Gasteiger partial charge on any atom is -0.454 e. The SMILES string of the molecule is CNC(=O)CNC(=O)COC(=O)Cn1nnc(-c2ccc(Cl)cc2)n1. The molecule has 0 atom stereocenters. The lowest BCUT2D eigenvalue weighted by atomic mass is 10.2. The van der Waals surface area contributed by atoms with E-state index in [0.29, 0.717) is 16.4 Å². The first-order chi connectivity index (χ1) is 12.0. The van der Waals surface area contributed by atoms with Crippen LogP contribution in [-0.4, -0.2) is 58.2 Å². The average Bonchev–Trinajstić information content (AvgIpc) is 3.06. The first-order valence-corrected chi connectivity index (χ1v) is 7.52. The molecule has 0 saturated heterocycles. The summed E-state index contributed by atoms with van der Waals surface area (Å²) in [5.41, 5.74) is 0.692. The van der Waals surface area contributed by atoms with Crippen LogP contribution in [-0.2, 0) is 25.7 Å². The average molecular weight is 367 g/mol. The molecule has 132 valence electrons. The summed E-state index contributed by atoms with van der Waals surface area (Å²) in [5.74, 6) is -1.34. The first-order valence-electron chi connectivity index (χ1n) is 7.14. The summed E-state index contributed by atoms with van der Waals surface area (Å²) in [6.07, 6.45) is 0. The number of nitrogens with one attached hydrogen (secondary N) is 2. The predicted molar refractivity (Wildman–Crippen MR) is 86.3 cm³/mol. The Bertz CT molecular complexity index is 761. The van der Waals surface area contributed by atoms with Crippen molar-refractivity contribution in [2.24, 2.45) is 0 Å². The van der Waals surface area contributed by atoms with Gasteiger partial charge in [-0.25, -0.2) is 4.79 Å². The van der Waals surface area contributed by atoms with Gasteiger partial charge in [-0.3, -0.25) is 9.59 Å². The molecule has 0 saturated carbocycles. The Kier molecular flexibility index (Phi) is 6.40. The number of benzene rings is 1. The lowest BCUT2D eigenvalue weighted by Crippen LogP contribution is -2.37. The molecule has 1 heterocycles. The van der Waals surface area contributed by atoms with Crippen molar-refractivity contribution in [3.8, 4) is 11.4 Å². The molecule has 10 nitrogen and oxygen atoms in total. The van der Waals surface area contributed by atoms with E-state index in [4.69, 9.17) is 16.3 Å². The van der Waals surface area contributed by atoms with E-state index in [1.807, 2.05) is 0 Å². The van der Waals surface area contributed by atoms with Crippen molar-refractivity contribution in [3.63, 3.8) is 0 Å². The van der Waals surface area contributed by atoms with Gasteiger partial charge in [0, 0.05) is 17.6 Å². The number of carbonyl (C=O) groups excluding carboxylic acids is 3. The quantitative estimate of drug-likeness (QED) is 0.626. The summed E-state index contributed by atoms with van der Waals surface area (Å²) in [7, 11) is 1.44. The second kappa shape index (κ2) is 8.73. The van der Waals surface area contributed by atoms with Crippen LogP contribution in [0, 0.1) is 0 Å². The maximum atomic E-state index is 11.7. The molecule has 2 rings (SSSR count). The Morgan fingerprint density at radius 1 is 1.20 bits per heavy atom. The maximum absolute atomic E-state index is 11.7. The second-order valence-electron chi connectivity index (χ2n) is 4.76. The maximum Gasteiger partial charge on any atom is 0.330 e.